The van der Waals surface area contributed by atoms with Crippen LogP contribution in [0, 0.1) is 12.8 Å². The van der Waals surface area contributed by atoms with Gasteiger partial charge in [0.1, 0.15) is 6.61 Å². The Morgan fingerprint density at radius 3 is 2.86 bits per heavy atom. The van der Waals surface area contributed by atoms with Crippen LogP contribution < -0.4 is 14.9 Å². The highest BCUT2D eigenvalue weighted by atomic mass is 16.5. The van der Waals surface area contributed by atoms with Crippen LogP contribution in [0.25, 0.3) is 0 Å². The van der Waals surface area contributed by atoms with E-state index in [4.69, 9.17) is 9.47 Å². The second-order valence-corrected chi connectivity index (χ2v) is 8.02. The fourth-order valence-electron chi connectivity index (χ4n) is 4.47. The van der Waals surface area contributed by atoms with Crippen LogP contribution in [0.1, 0.15) is 42.5 Å². The molecule has 2 aromatic carbocycles. The van der Waals surface area contributed by atoms with Gasteiger partial charge in [-0.05, 0) is 31.5 Å². The van der Waals surface area contributed by atoms with E-state index in [1.54, 1.807) is 7.11 Å². The lowest BCUT2D eigenvalue weighted by Crippen LogP contribution is -2.42. The summed E-state index contributed by atoms with van der Waals surface area (Å²) in [5.74, 6) is 1.97. The van der Waals surface area contributed by atoms with Gasteiger partial charge in [-0.2, -0.15) is 5.10 Å². The molecule has 0 saturated carbocycles. The van der Waals surface area contributed by atoms with Gasteiger partial charge in [-0.25, -0.2) is 0 Å². The summed E-state index contributed by atoms with van der Waals surface area (Å²) in [4.78, 5) is 2.55. The monoisotopic (exact) mass is 393 g/mol. The van der Waals surface area contributed by atoms with Gasteiger partial charge in [0.2, 0.25) is 0 Å². The first kappa shape index (κ1) is 19.8. The average Bonchev–Trinajstić information content (AvgIpc) is 3.15. The largest absolute Gasteiger partial charge is 0.493 e. The fourth-order valence-corrected chi connectivity index (χ4v) is 4.47. The Morgan fingerprint density at radius 2 is 2.07 bits per heavy atom. The summed E-state index contributed by atoms with van der Waals surface area (Å²) >= 11 is 0. The molecule has 4 rings (SSSR count). The van der Waals surface area contributed by atoms with Crippen LogP contribution >= 0.6 is 0 Å². The van der Waals surface area contributed by atoms with Gasteiger partial charge in [-0.15, -0.1) is 0 Å². The maximum Gasteiger partial charge on any atom is 0.167 e. The summed E-state index contributed by atoms with van der Waals surface area (Å²) in [6, 6.07) is 14.7. The molecule has 2 heterocycles. The summed E-state index contributed by atoms with van der Waals surface area (Å²) in [6.45, 7) is 8.15. The van der Waals surface area contributed by atoms with Crippen molar-refractivity contribution in [1.82, 2.24) is 10.3 Å². The second-order valence-electron chi connectivity index (χ2n) is 8.02. The number of hydrazone groups is 1. The molecule has 29 heavy (non-hydrogen) atoms. The molecule has 2 aliphatic heterocycles. The number of nitrogens with zero attached hydrogens (tertiary/aromatic N) is 2. The number of methoxy groups -OCH3 is 1. The van der Waals surface area contributed by atoms with Crippen molar-refractivity contribution in [3.05, 3.63) is 59.2 Å². The molecule has 5 nitrogen and oxygen atoms in total. The molecule has 0 amide bonds. The van der Waals surface area contributed by atoms with Crippen LogP contribution in [0.5, 0.6) is 11.5 Å². The number of aryl methyl sites for hydroxylation is 1. The quantitative estimate of drug-likeness (QED) is 0.761. The van der Waals surface area contributed by atoms with E-state index in [2.05, 4.69) is 59.6 Å². The predicted octanol–water partition coefficient (Wildman–Crippen LogP) is 4.31. The Hall–Kier alpha value is -2.53. The molecule has 2 atom stereocenters. The van der Waals surface area contributed by atoms with Crippen molar-refractivity contribution in [3.63, 3.8) is 0 Å². The van der Waals surface area contributed by atoms with Gasteiger partial charge in [0.25, 0.3) is 0 Å². The van der Waals surface area contributed by atoms with Crippen molar-refractivity contribution in [2.45, 2.75) is 39.3 Å². The van der Waals surface area contributed by atoms with E-state index in [1.165, 1.54) is 17.7 Å². The van der Waals surface area contributed by atoms with Gasteiger partial charge < -0.3 is 19.8 Å². The van der Waals surface area contributed by atoms with E-state index >= 15 is 0 Å². The molecular formula is C24H31N3O2. The van der Waals surface area contributed by atoms with E-state index < -0.39 is 0 Å². The topological polar surface area (TPSA) is 46.1 Å². The Kier molecular flexibility index (Phi) is 6.05. The van der Waals surface area contributed by atoms with Crippen LogP contribution in [0.15, 0.2) is 47.6 Å². The minimum Gasteiger partial charge on any atom is -0.493 e. The number of nitrogens with one attached hydrogen (secondary N) is 1. The molecule has 2 unspecified atom stereocenters. The van der Waals surface area contributed by atoms with Gasteiger partial charge in [-0.1, -0.05) is 48.9 Å². The Balaban J connectivity index is 1.58. The van der Waals surface area contributed by atoms with Crippen LogP contribution in [0.4, 0.5) is 0 Å². The number of hydrogen-bond acceptors (Lipinski definition) is 5. The molecule has 5 heteroatoms. The minimum atomic E-state index is 0.118. The zero-order valence-corrected chi connectivity index (χ0v) is 17.6. The normalized spacial score (nSPS) is 21.3. The number of rotatable bonds is 7. The minimum absolute atomic E-state index is 0.118. The predicted molar refractivity (Wildman–Crippen MR) is 117 cm³/mol. The van der Waals surface area contributed by atoms with Crippen molar-refractivity contribution < 1.29 is 9.47 Å². The number of likely N-dealkylation sites (tertiary alicyclic amines) is 1. The number of ether oxygens (including phenoxy) is 2. The maximum absolute atomic E-state index is 6.34. The molecular weight excluding hydrogens is 362 g/mol. The van der Waals surface area contributed by atoms with E-state index in [1.807, 2.05) is 12.1 Å². The third-order valence-corrected chi connectivity index (χ3v) is 5.89. The second kappa shape index (κ2) is 8.87. The van der Waals surface area contributed by atoms with Gasteiger partial charge in [0, 0.05) is 36.7 Å². The highest BCUT2D eigenvalue weighted by molar-refractivity contribution is 5.90. The first-order chi connectivity index (χ1) is 14.2. The molecule has 1 saturated heterocycles. The molecule has 0 aromatic heterocycles. The van der Waals surface area contributed by atoms with Crippen LogP contribution in [0.3, 0.4) is 0 Å². The first-order valence-corrected chi connectivity index (χ1v) is 10.6. The van der Waals surface area contributed by atoms with Crippen LogP contribution in [-0.2, 0) is 6.61 Å². The molecule has 0 bridgehead atoms. The Morgan fingerprint density at radius 1 is 1.21 bits per heavy atom. The van der Waals surface area contributed by atoms with Gasteiger partial charge in [0.05, 0.1) is 13.2 Å². The maximum atomic E-state index is 6.34. The molecule has 0 aliphatic carbocycles. The van der Waals surface area contributed by atoms with Gasteiger partial charge in [0.15, 0.2) is 11.5 Å². The third-order valence-electron chi connectivity index (χ3n) is 5.89. The zero-order chi connectivity index (χ0) is 20.2. The summed E-state index contributed by atoms with van der Waals surface area (Å²) in [5.41, 5.74) is 8.21. The van der Waals surface area contributed by atoms with E-state index in [0.29, 0.717) is 12.5 Å². The number of para-hydroxylation sites is 1. The fraction of sp³-hybridized carbons (Fsp3) is 0.458. The molecule has 0 radical (unpaired) electrons. The number of benzene rings is 2. The Labute approximate surface area is 173 Å². The van der Waals surface area contributed by atoms with E-state index in [9.17, 15) is 0 Å². The van der Waals surface area contributed by atoms with Crippen molar-refractivity contribution in [3.8, 4) is 11.5 Å². The zero-order valence-electron chi connectivity index (χ0n) is 17.6. The molecule has 1 N–H and O–H groups in total. The SMILES string of the molecule is CCCN1CCC2=NNC(c3cccc(OC)c3OCc3cccc(C)c3)C2C1. The lowest BCUT2D eigenvalue weighted by molar-refractivity contribution is 0.224. The summed E-state index contributed by atoms with van der Waals surface area (Å²) < 4.78 is 12.0. The van der Waals surface area contributed by atoms with Crippen molar-refractivity contribution in [1.29, 1.82) is 0 Å². The number of hydrogen-bond donors (Lipinski definition) is 1. The standard InChI is InChI=1S/C24H31N3O2/c1-4-12-27-13-11-21-20(15-27)23(26-25-21)19-9-6-10-22(28-3)24(19)29-16-18-8-5-7-17(2)14-18/h5-10,14,20,23,26H,4,11-13,15-16H2,1-3H3. The molecule has 1 fully saturated rings. The highest BCUT2D eigenvalue weighted by Crippen LogP contribution is 2.41. The molecule has 2 aliphatic rings. The Bertz CT molecular complexity index is 880. The summed E-state index contributed by atoms with van der Waals surface area (Å²) in [7, 11) is 1.70. The first-order valence-electron chi connectivity index (χ1n) is 10.6. The van der Waals surface area contributed by atoms with Crippen molar-refractivity contribution in [2.24, 2.45) is 11.0 Å². The van der Waals surface area contributed by atoms with Crippen molar-refractivity contribution in [2.75, 3.05) is 26.7 Å². The molecule has 154 valence electrons. The summed E-state index contributed by atoms with van der Waals surface area (Å²) in [5, 5.41) is 4.68. The lowest BCUT2D eigenvalue weighted by atomic mass is 9.86. The average molecular weight is 394 g/mol. The van der Waals surface area contributed by atoms with Crippen LogP contribution in [-0.4, -0.2) is 37.4 Å². The highest BCUT2D eigenvalue weighted by Gasteiger charge is 2.38. The van der Waals surface area contributed by atoms with Crippen LogP contribution in [0.2, 0.25) is 0 Å². The smallest absolute Gasteiger partial charge is 0.167 e. The third kappa shape index (κ3) is 4.25. The molecule has 2 aromatic rings. The number of fused-ring (bicyclic) bond motifs is 1. The molecule has 0 spiro atoms. The van der Waals surface area contributed by atoms with E-state index in [0.717, 1.165) is 48.7 Å². The number of piperidine rings is 1. The van der Waals surface area contributed by atoms with Crippen molar-refractivity contribution >= 4 is 5.71 Å². The summed E-state index contributed by atoms with van der Waals surface area (Å²) in [6.07, 6.45) is 2.22. The lowest BCUT2D eigenvalue weighted by Gasteiger charge is -2.33. The van der Waals surface area contributed by atoms with E-state index in [-0.39, 0.29) is 6.04 Å². The van der Waals surface area contributed by atoms with Gasteiger partial charge >= 0.3 is 0 Å². The van der Waals surface area contributed by atoms with Gasteiger partial charge in [-0.3, -0.25) is 0 Å².